The molecule has 72 valence electrons. The number of likely N-dealkylation sites (N-methyl/N-ethyl adjacent to an activating group) is 1. The van der Waals surface area contributed by atoms with Crippen molar-refractivity contribution in [2.45, 2.75) is 25.4 Å². The number of aromatic nitrogens is 1. The van der Waals surface area contributed by atoms with Crippen molar-refractivity contribution < 1.29 is 0 Å². The van der Waals surface area contributed by atoms with E-state index in [0.717, 1.165) is 5.56 Å². The van der Waals surface area contributed by atoms with Gasteiger partial charge in [0.15, 0.2) is 0 Å². The van der Waals surface area contributed by atoms with E-state index in [1.807, 2.05) is 25.4 Å². The third kappa shape index (κ3) is 2.26. The van der Waals surface area contributed by atoms with Crippen molar-refractivity contribution in [2.24, 2.45) is 5.73 Å². The van der Waals surface area contributed by atoms with Crippen LogP contribution in [0.1, 0.15) is 25.5 Å². The second-order valence-corrected chi connectivity index (χ2v) is 3.74. The average molecular weight is 179 g/mol. The summed E-state index contributed by atoms with van der Waals surface area (Å²) in [5, 5.41) is 3.19. The van der Waals surface area contributed by atoms with Crippen LogP contribution in [-0.2, 0) is 0 Å². The molecule has 13 heavy (non-hydrogen) atoms. The van der Waals surface area contributed by atoms with E-state index in [1.165, 1.54) is 0 Å². The van der Waals surface area contributed by atoms with Gasteiger partial charge in [-0.05, 0) is 32.5 Å². The lowest BCUT2D eigenvalue weighted by Crippen LogP contribution is -2.46. The molecule has 0 saturated heterocycles. The Morgan fingerprint density at radius 2 is 2.23 bits per heavy atom. The summed E-state index contributed by atoms with van der Waals surface area (Å²) in [6, 6.07) is 3.86. The maximum Gasteiger partial charge on any atom is 0.0489 e. The van der Waals surface area contributed by atoms with E-state index in [0.29, 0.717) is 0 Å². The van der Waals surface area contributed by atoms with E-state index in [2.05, 4.69) is 24.1 Å². The molecule has 0 radical (unpaired) electrons. The summed E-state index contributed by atoms with van der Waals surface area (Å²) in [6.45, 7) is 4.15. The molecule has 0 aromatic carbocycles. The fourth-order valence-corrected chi connectivity index (χ4v) is 1.13. The molecule has 1 aromatic rings. The highest BCUT2D eigenvalue weighted by Crippen LogP contribution is 2.21. The summed E-state index contributed by atoms with van der Waals surface area (Å²) < 4.78 is 0. The molecule has 0 amide bonds. The van der Waals surface area contributed by atoms with Crippen LogP contribution in [0.2, 0.25) is 0 Å². The highest BCUT2D eigenvalue weighted by molar-refractivity contribution is 5.17. The van der Waals surface area contributed by atoms with Crippen LogP contribution in [0.4, 0.5) is 0 Å². The first-order valence-electron chi connectivity index (χ1n) is 4.42. The van der Waals surface area contributed by atoms with E-state index in [-0.39, 0.29) is 11.6 Å². The summed E-state index contributed by atoms with van der Waals surface area (Å²) in [5.74, 6) is 0. The number of rotatable bonds is 3. The molecule has 3 nitrogen and oxygen atoms in total. The summed E-state index contributed by atoms with van der Waals surface area (Å²) >= 11 is 0. The van der Waals surface area contributed by atoms with E-state index in [1.54, 1.807) is 6.20 Å². The molecule has 0 saturated carbocycles. The summed E-state index contributed by atoms with van der Waals surface area (Å²) in [6.07, 6.45) is 3.56. The second-order valence-electron chi connectivity index (χ2n) is 3.74. The first kappa shape index (κ1) is 10.2. The highest BCUT2D eigenvalue weighted by Gasteiger charge is 2.25. The van der Waals surface area contributed by atoms with Gasteiger partial charge < -0.3 is 11.1 Å². The maximum atomic E-state index is 6.08. The standard InChI is InChI=1S/C10H17N3/c1-10(2,12-3)9(11)8-5-4-6-13-7-8/h4-7,9,12H,11H2,1-3H3. The third-order valence-corrected chi connectivity index (χ3v) is 2.47. The molecule has 0 aliphatic heterocycles. The maximum absolute atomic E-state index is 6.08. The molecule has 1 unspecified atom stereocenters. The fourth-order valence-electron chi connectivity index (χ4n) is 1.13. The Labute approximate surface area is 79.4 Å². The lowest BCUT2D eigenvalue weighted by molar-refractivity contribution is 0.348. The Hall–Kier alpha value is -0.930. The van der Waals surface area contributed by atoms with Crippen molar-refractivity contribution in [3.05, 3.63) is 30.1 Å². The van der Waals surface area contributed by atoms with Crippen LogP contribution in [0, 0.1) is 0 Å². The Morgan fingerprint density at radius 3 is 2.69 bits per heavy atom. The third-order valence-electron chi connectivity index (χ3n) is 2.47. The van der Waals surface area contributed by atoms with E-state index >= 15 is 0 Å². The van der Waals surface area contributed by atoms with Crippen LogP contribution in [0.25, 0.3) is 0 Å². The van der Waals surface area contributed by atoms with Gasteiger partial charge in [-0.25, -0.2) is 0 Å². The van der Waals surface area contributed by atoms with Gasteiger partial charge in [-0.2, -0.15) is 0 Å². The van der Waals surface area contributed by atoms with Gasteiger partial charge >= 0.3 is 0 Å². The fraction of sp³-hybridized carbons (Fsp3) is 0.500. The molecule has 3 N–H and O–H groups in total. The molecule has 3 heteroatoms. The van der Waals surface area contributed by atoms with Gasteiger partial charge in [0.25, 0.3) is 0 Å². The normalized spacial score (nSPS) is 14.2. The van der Waals surface area contributed by atoms with Crippen LogP contribution in [0.5, 0.6) is 0 Å². The Kier molecular flexibility index (Phi) is 3.01. The Morgan fingerprint density at radius 1 is 1.54 bits per heavy atom. The molecule has 1 atom stereocenters. The predicted molar refractivity (Wildman–Crippen MR) is 54.3 cm³/mol. The van der Waals surface area contributed by atoms with Crippen molar-refractivity contribution in [3.8, 4) is 0 Å². The van der Waals surface area contributed by atoms with Crippen LogP contribution in [-0.4, -0.2) is 17.6 Å². The SMILES string of the molecule is CNC(C)(C)C(N)c1cccnc1. The van der Waals surface area contributed by atoms with Crippen molar-refractivity contribution in [1.29, 1.82) is 0 Å². The molecular formula is C10H17N3. The van der Waals surface area contributed by atoms with Gasteiger partial charge in [-0.3, -0.25) is 4.98 Å². The zero-order chi connectivity index (χ0) is 9.90. The van der Waals surface area contributed by atoms with Gasteiger partial charge in [0, 0.05) is 24.0 Å². The van der Waals surface area contributed by atoms with Crippen LogP contribution in [0.3, 0.4) is 0 Å². The summed E-state index contributed by atoms with van der Waals surface area (Å²) in [5.41, 5.74) is 7.03. The largest absolute Gasteiger partial charge is 0.322 e. The summed E-state index contributed by atoms with van der Waals surface area (Å²) in [4.78, 5) is 4.05. The van der Waals surface area contributed by atoms with Gasteiger partial charge in [-0.1, -0.05) is 6.07 Å². The van der Waals surface area contributed by atoms with E-state index in [4.69, 9.17) is 5.73 Å². The van der Waals surface area contributed by atoms with Gasteiger partial charge in [0.2, 0.25) is 0 Å². The zero-order valence-electron chi connectivity index (χ0n) is 8.41. The van der Waals surface area contributed by atoms with E-state index in [9.17, 15) is 0 Å². The minimum atomic E-state index is -0.108. The van der Waals surface area contributed by atoms with Crippen LogP contribution >= 0.6 is 0 Å². The minimum absolute atomic E-state index is 0.0359. The second kappa shape index (κ2) is 3.85. The smallest absolute Gasteiger partial charge is 0.0489 e. The number of pyridine rings is 1. The first-order chi connectivity index (χ1) is 6.08. The number of nitrogens with zero attached hydrogens (tertiary/aromatic N) is 1. The number of hydrogen-bond acceptors (Lipinski definition) is 3. The first-order valence-corrected chi connectivity index (χ1v) is 4.42. The van der Waals surface area contributed by atoms with Crippen molar-refractivity contribution >= 4 is 0 Å². The van der Waals surface area contributed by atoms with Gasteiger partial charge in [-0.15, -0.1) is 0 Å². The van der Waals surface area contributed by atoms with Crippen molar-refractivity contribution in [1.82, 2.24) is 10.3 Å². The van der Waals surface area contributed by atoms with Crippen LogP contribution in [0.15, 0.2) is 24.5 Å². The molecular weight excluding hydrogens is 162 g/mol. The molecule has 1 aromatic heterocycles. The molecule has 1 heterocycles. The highest BCUT2D eigenvalue weighted by atomic mass is 15.0. The molecule has 0 fully saturated rings. The lowest BCUT2D eigenvalue weighted by Gasteiger charge is -2.31. The zero-order valence-corrected chi connectivity index (χ0v) is 8.41. The molecule has 0 spiro atoms. The Bertz CT molecular complexity index is 256. The van der Waals surface area contributed by atoms with Gasteiger partial charge in [0.05, 0.1) is 0 Å². The van der Waals surface area contributed by atoms with E-state index < -0.39 is 0 Å². The van der Waals surface area contributed by atoms with Crippen molar-refractivity contribution in [2.75, 3.05) is 7.05 Å². The van der Waals surface area contributed by atoms with Gasteiger partial charge in [0.1, 0.15) is 0 Å². The summed E-state index contributed by atoms with van der Waals surface area (Å²) in [7, 11) is 1.91. The number of nitrogens with one attached hydrogen (secondary N) is 1. The number of hydrogen-bond donors (Lipinski definition) is 2. The lowest BCUT2D eigenvalue weighted by atomic mass is 9.90. The topological polar surface area (TPSA) is 50.9 Å². The van der Waals surface area contributed by atoms with Crippen molar-refractivity contribution in [3.63, 3.8) is 0 Å². The average Bonchev–Trinajstić information content (AvgIpc) is 2.18. The Balaban J connectivity index is 2.85. The quantitative estimate of drug-likeness (QED) is 0.730. The predicted octanol–water partition coefficient (Wildman–Crippen LogP) is 1.08. The molecule has 0 aliphatic carbocycles. The molecule has 0 aliphatic rings. The molecule has 0 bridgehead atoms. The monoisotopic (exact) mass is 179 g/mol. The number of nitrogens with two attached hydrogens (primary N) is 1. The van der Waals surface area contributed by atoms with Crippen LogP contribution < -0.4 is 11.1 Å². The minimum Gasteiger partial charge on any atom is -0.322 e. The molecule has 1 rings (SSSR count).